The number of ether oxygens (including phenoxy) is 1. The lowest BCUT2D eigenvalue weighted by Crippen LogP contribution is -2.02. The summed E-state index contributed by atoms with van der Waals surface area (Å²) in [5, 5.41) is 12.1. The van der Waals surface area contributed by atoms with Crippen molar-refractivity contribution in [1.82, 2.24) is 0 Å². The molecule has 4 nitrogen and oxygen atoms in total. The van der Waals surface area contributed by atoms with Crippen molar-refractivity contribution in [3.05, 3.63) is 47.8 Å². The van der Waals surface area contributed by atoms with Gasteiger partial charge in [0.1, 0.15) is 6.07 Å². The van der Waals surface area contributed by atoms with Gasteiger partial charge in [-0.25, -0.2) is 4.39 Å². The third-order valence-electron chi connectivity index (χ3n) is 2.88. The minimum absolute atomic E-state index is 0.142. The zero-order chi connectivity index (χ0) is 15.2. The topological polar surface area (TPSA) is 71.1 Å². The van der Waals surface area contributed by atoms with Crippen LogP contribution in [-0.4, -0.2) is 6.61 Å². The van der Waals surface area contributed by atoms with Crippen molar-refractivity contribution < 1.29 is 9.13 Å². The first-order valence-electron chi connectivity index (χ1n) is 6.63. The summed E-state index contributed by atoms with van der Waals surface area (Å²) in [6.45, 7) is 2.37. The summed E-state index contributed by atoms with van der Waals surface area (Å²) in [5.74, 6) is -0.358. The van der Waals surface area contributed by atoms with E-state index in [4.69, 9.17) is 15.7 Å². The van der Waals surface area contributed by atoms with E-state index in [1.54, 1.807) is 24.3 Å². The Kier molecular flexibility index (Phi) is 4.62. The van der Waals surface area contributed by atoms with Gasteiger partial charge in [-0.1, -0.05) is 19.1 Å². The van der Waals surface area contributed by atoms with Crippen LogP contribution in [0, 0.1) is 17.1 Å². The Morgan fingerprint density at radius 1 is 1.29 bits per heavy atom. The molecular formula is C16H16FN3O. The summed E-state index contributed by atoms with van der Waals surface area (Å²) in [6.07, 6.45) is 0.782. The third-order valence-corrected chi connectivity index (χ3v) is 2.88. The van der Waals surface area contributed by atoms with E-state index in [1.807, 2.05) is 6.92 Å². The first-order chi connectivity index (χ1) is 10.2. The Morgan fingerprint density at radius 2 is 2.05 bits per heavy atom. The van der Waals surface area contributed by atoms with Crippen LogP contribution in [0.3, 0.4) is 0 Å². The van der Waals surface area contributed by atoms with E-state index in [9.17, 15) is 4.39 Å². The Hall–Kier alpha value is -2.74. The first-order valence-corrected chi connectivity index (χ1v) is 6.63. The highest BCUT2D eigenvalue weighted by atomic mass is 19.1. The van der Waals surface area contributed by atoms with E-state index >= 15 is 0 Å². The van der Waals surface area contributed by atoms with Crippen molar-refractivity contribution in [2.75, 3.05) is 17.7 Å². The summed E-state index contributed by atoms with van der Waals surface area (Å²) in [6, 6.07) is 11.8. The quantitative estimate of drug-likeness (QED) is 0.819. The van der Waals surface area contributed by atoms with Crippen LogP contribution in [0.1, 0.15) is 18.9 Å². The molecule has 2 aromatic carbocycles. The first kappa shape index (κ1) is 14.7. The van der Waals surface area contributed by atoms with Gasteiger partial charge < -0.3 is 15.8 Å². The van der Waals surface area contributed by atoms with E-state index in [0.29, 0.717) is 23.5 Å². The number of hydrogen-bond donors (Lipinski definition) is 2. The van der Waals surface area contributed by atoms with E-state index in [0.717, 1.165) is 6.42 Å². The van der Waals surface area contributed by atoms with Crippen LogP contribution >= 0.6 is 0 Å². The molecule has 0 aliphatic heterocycles. The molecule has 0 radical (unpaired) electrons. The number of nitrogens with one attached hydrogen (secondary N) is 1. The summed E-state index contributed by atoms with van der Waals surface area (Å²) in [7, 11) is 0. The second kappa shape index (κ2) is 6.62. The van der Waals surface area contributed by atoms with Crippen molar-refractivity contribution in [2.24, 2.45) is 0 Å². The molecule has 108 valence electrons. The second-order valence-electron chi connectivity index (χ2n) is 4.50. The molecule has 2 rings (SSSR count). The number of anilines is 3. The lowest BCUT2D eigenvalue weighted by molar-refractivity contribution is 0.301. The van der Waals surface area contributed by atoms with Crippen LogP contribution in [0.5, 0.6) is 5.75 Å². The van der Waals surface area contributed by atoms with Crippen molar-refractivity contribution in [3.63, 3.8) is 0 Å². The average molecular weight is 285 g/mol. The number of para-hydroxylation sites is 1. The fourth-order valence-electron chi connectivity index (χ4n) is 1.83. The van der Waals surface area contributed by atoms with Gasteiger partial charge in [-0.15, -0.1) is 0 Å². The molecule has 21 heavy (non-hydrogen) atoms. The van der Waals surface area contributed by atoms with E-state index in [-0.39, 0.29) is 11.4 Å². The smallest absolute Gasteiger partial charge is 0.167 e. The third kappa shape index (κ3) is 3.42. The van der Waals surface area contributed by atoms with Gasteiger partial charge in [-0.2, -0.15) is 5.26 Å². The summed E-state index contributed by atoms with van der Waals surface area (Å²) >= 11 is 0. The Balaban J connectivity index is 2.33. The fraction of sp³-hybridized carbons (Fsp3) is 0.188. The summed E-state index contributed by atoms with van der Waals surface area (Å²) in [4.78, 5) is 0. The van der Waals surface area contributed by atoms with Crippen molar-refractivity contribution in [3.8, 4) is 11.8 Å². The normalized spacial score (nSPS) is 9.95. The molecular weight excluding hydrogens is 269 g/mol. The van der Waals surface area contributed by atoms with Crippen molar-refractivity contribution in [2.45, 2.75) is 13.3 Å². The van der Waals surface area contributed by atoms with Gasteiger partial charge in [0.15, 0.2) is 11.6 Å². The average Bonchev–Trinajstić information content (AvgIpc) is 2.49. The van der Waals surface area contributed by atoms with Crippen LogP contribution in [0.4, 0.5) is 21.5 Å². The zero-order valence-corrected chi connectivity index (χ0v) is 11.7. The highest BCUT2D eigenvalue weighted by molar-refractivity contribution is 5.76. The van der Waals surface area contributed by atoms with Crippen LogP contribution in [0.15, 0.2) is 36.4 Å². The number of nitrogen functional groups attached to an aromatic ring is 1. The number of hydrogen-bond acceptors (Lipinski definition) is 4. The molecule has 0 spiro atoms. The summed E-state index contributed by atoms with van der Waals surface area (Å²) in [5.41, 5.74) is 7.67. The van der Waals surface area contributed by atoms with E-state index in [1.165, 1.54) is 12.1 Å². The standard InChI is InChI=1S/C16H16FN3O/c1-2-7-21-16-9-15(13(19)8-12(16)17)20-14-6-4-3-5-11(14)10-18/h3-6,8-9,20H,2,7,19H2,1H3. The maximum atomic E-state index is 13.8. The van der Waals surface area contributed by atoms with Gasteiger partial charge in [0.2, 0.25) is 0 Å². The van der Waals surface area contributed by atoms with E-state index in [2.05, 4.69) is 11.4 Å². The number of nitrogens with zero attached hydrogens (tertiary/aromatic N) is 1. The predicted octanol–water partition coefficient (Wildman–Crippen LogP) is 3.81. The van der Waals surface area contributed by atoms with Crippen molar-refractivity contribution in [1.29, 1.82) is 5.26 Å². The maximum Gasteiger partial charge on any atom is 0.167 e. The Bertz CT molecular complexity index is 680. The highest BCUT2D eigenvalue weighted by Crippen LogP contribution is 2.31. The summed E-state index contributed by atoms with van der Waals surface area (Å²) < 4.78 is 19.1. The van der Waals surface area contributed by atoms with Gasteiger partial charge in [-0.05, 0) is 18.6 Å². The minimum Gasteiger partial charge on any atom is -0.490 e. The van der Waals surface area contributed by atoms with Gasteiger partial charge in [0.05, 0.1) is 29.2 Å². The maximum absolute atomic E-state index is 13.8. The van der Waals surface area contributed by atoms with Crippen LogP contribution < -0.4 is 15.8 Å². The second-order valence-corrected chi connectivity index (χ2v) is 4.50. The van der Waals surface area contributed by atoms with Gasteiger partial charge in [0.25, 0.3) is 0 Å². The van der Waals surface area contributed by atoms with Gasteiger partial charge in [0, 0.05) is 12.1 Å². The Morgan fingerprint density at radius 3 is 2.76 bits per heavy atom. The molecule has 0 aliphatic rings. The number of halogens is 1. The predicted molar refractivity (Wildman–Crippen MR) is 81.0 cm³/mol. The molecule has 0 saturated carbocycles. The molecule has 0 atom stereocenters. The van der Waals surface area contributed by atoms with Crippen LogP contribution in [0.2, 0.25) is 0 Å². The molecule has 0 amide bonds. The van der Waals surface area contributed by atoms with Crippen LogP contribution in [0.25, 0.3) is 0 Å². The molecule has 5 heteroatoms. The largest absolute Gasteiger partial charge is 0.490 e. The number of rotatable bonds is 5. The molecule has 0 saturated heterocycles. The molecule has 0 aliphatic carbocycles. The van der Waals surface area contributed by atoms with Crippen molar-refractivity contribution >= 4 is 17.1 Å². The number of benzene rings is 2. The zero-order valence-electron chi connectivity index (χ0n) is 11.7. The monoisotopic (exact) mass is 285 g/mol. The van der Waals surface area contributed by atoms with E-state index < -0.39 is 5.82 Å². The highest BCUT2D eigenvalue weighted by Gasteiger charge is 2.10. The van der Waals surface area contributed by atoms with Gasteiger partial charge in [-0.3, -0.25) is 0 Å². The molecule has 2 aromatic rings. The Labute approximate surface area is 123 Å². The minimum atomic E-state index is -0.500. The fourth-order valence-corrected chi connectivity index (χ4v) is 1.83. The lowest BCUT2D eigenvalue weighted by atomic mass is 10.1. The number of nitrogens with two attached hydrogens (primary N) is 1. The molecule has 0 aromatic heterocycles. The molecule has 3 N–H and O–H groups in total. The van der Waals surface area contributed by atoms with Crippen LogP contribution in [-0.2, 0) is 0 Å². The molecule has 0 fully saturated rings. The lowest BCUT2D eigenvalue weighted by Gasteiger charge is -2.13. The number of nitriles is 1. The molecule has 0 unspecified atom stereocenters. The molecule has 0 heterocycles. The SMILES string of the molecule is CCCOc1cc(Nc2ccccc2C#N)c(N)cc1F. The molecule has 0 bridgehead atoms. The van der Waals surface area contributed by atoms with Gasteiger partial charge >= 0.3 is 0 Å².